The first-order chi connectivity index (χ1) is 8.32. The van der Waals surface area contributed by atoms with Crippen molar-refractivity contribution in [3.05, 3.63) is 28.8 Å². The quantitative estimate of drug-likeness (QED) is 0.780. The molecular weight excluding hydrogens is 256 g/mol. The van der Waals surface area contributed by atoms with Crippen molar-refractivity contribution in [1.82, 2.24) is 0 Å². The van der Waals surface area contributed by atoms with Gasteiger partial charge < -0.3 is 16.2 Å². The third-order valence-corrected chi connectivity index (χ3v) is 2.80. The highest BCUT2D eigenvalue weighted by atomic mass is 35.5. The fourth-order valence-corrected chi connectivity index (χ4v) is 1.56. The van der Waals surface area contributed by atoms with E-state index in [0.717, 1.165) is 0 Å². The predicted molar refractivity (Wildman–Crippen MR) is 69.9 cm³/mol. The number of carboxylic acid groups (broad SMARTS) is 1. The number of hydrogen-bond acceptors (Lipinski definition) is 3. The average molecular weight is 271 g/mol. The van der Waals surface area contributed by atoms with E-state index >= 15 is 0 Å². The SMILES string of the molecule is CC(C)[C@@H](N)C(=O)Nc1ccc(C(=O)O)c(Cl)c1. The van der Waals surface area contributed by atoms with Crippen LogP contribution < -0.4 is 11.1 Å². The van der Waals surface area contributed by atoms with Gasteiger partial charge in [0.05, 0.1) is 16.6 Å². The predicted octanol–water partition coefficient (Wildman–Crippen LogP) is 1.96. The Balaban J connectivity index is 2.84. The second kappa shape index (κ2) is 5.84. The molecule has 6 heteroatoms. The molecule has 0 spiro atoms. The molecule has 0 aliphatic heterocycles. The summed E-state index contributed by atoms with van der Waals surface area (Å²) in [6, 6.07) is 3.57. The number of carbonyl (C=O) groups is 2. The van der Waals surface area contributed by atoms with Crippen LogP contribution in [0, 0.1) is 5.92 Å². The Morgan fingerprint density at radius 3 is 2.44 bits per heavy atom. The van der Waals surface area contributed by atoms with Crippen molar-refractivity contribution in [1.29, 1.82) is 0 Å². The monoisotopic (exact) mass is 270 g/mol. The van der Waals surface area contributed by atoms with Crippen LogP contribution in [-0.4, -0.2) is 23.0 Å². The van der Waals surface area contributed by atoms with E-state index in [-0.39, 0.29) is 22.4 Å². The first kappa shape index (κ1) is 14.5. The largest absolute Gasteiger partial charge is 0.478 e. The average Bonchev–Trinajstić information content (AvgIpc) is 2.27. The molecule has 0 bridgehead atoms. The number of carboxylic acids is 1. The van der Waals surface area contributed by atoms with E-state index in [2.05, 4.69) is 5.32 Å². The van der Waals surface area contributed by atoms with Gasteiger partial charge in [0, 0.05) is 5.69 Å². The molecule has 5 nitrogen and oxygen atoms in total. The third-order valence-electron chi connectivity index (χ3n) is 2.49. The maximum atomic E-state index is 11.7. The van der Waals surface area contributed by atoms with E-state index in [0.29, 0.717) is 5.69 Å². The van der Waals surface area contributed by atoms with Gasteiger partial charge in [-0.05, 0) is 24.1 Å². The molecule has 0 saturated carbocycles. The van der Waals surface area contributed by atoms with Crippen molar-refractivity contribution in [3.63, 3.8) is 0 Å². The maximum Gasteiger partial charge on any atom is 0.337 e. The number of nitrogens with two attached hydrogens (primary N) is 1. The summed E-state index contributed by atoms with van der Waals surface area (Å²) in [7, 11) is 0. The van der Waals surface area contributed by atoms with Gasteiger partial charge in [0.2, 0.25) is 5.91 Å². The molecule has 0 heterocycles. The molecule has 1 aromatic carbocycles. The lowest BCUT2D eigenvalue weighted by Crippen LogP contribution is -2.39. The highest BCUT2D eigenvalue weighted by Crippen LogP contribution is 2.21. The molecule has 0 unspecified atom stereocenters. The fraction of sp³-hybridized carbons (Fsp3) is 0.333. The molecule has 0 aliphatic carbocycles. The molecule has 0 fully saturated rings. The summed E-state index contributed by atoms with van der Waals surface area (Å²) in [4.78, 5) is 22.4. The van der Waals surface area contributed by atoms with Crippen LogP contribution >= 0.6 is 11.6 Å². The van der Waals surface area contributed by atoms with Crippen molar-refractivity contribution in [2.75, 3.05) is 5.32 Å². The van der Waals surface area contributed by atoms with Gasteiger partial charge in [-0.1, -0.05) is 25.4 Å². The Bertz CT molecular complexity index is 474. The first-order valence-electron chi connectivity index (χ1n) is 5.42. The first-order valence-corrected chi connectivity index (χ1v) is 5.80. The minimum atomic E-state index is -1.11. The Kier molecular flexibility index (Phi) is 4.69. The Hall–Kier alpha value is -1.59. The van der Waals surface area contributed by atoms with Gasteiger partial charge in [0.25, 0.3) is 0 Å². The summed E-state index contributed by atoms with van der Waals surface area (Å²) in [6.07, 6.45) is 0. The second-order valence-electron chi connectivity index (χ2n) is 4.26. The summed E-state index contributed by atoms with van der Waals surface area (Å²) < 4.78 is 0. The molecule has 0 aromatic heterocycles. The van der Waals surface area contributed by atoms with Crippen molar-refractivity contribution >= 4 is 29.2 Å². The van der Waals surface area contributed by atoms with E-state index in [1.165, 1.54) is 18.2 Å². The van der Waals surface area contributed by atoms with Gasteiger partial charge >= 0.3 is 5.97 Å². The molecule has 18 heavy (non-hydrogen) atoms. The molecule has 4 N–H and O–H groups in total. The summed E-state index contributed by atoms with van der Waals surface area (Å²) in [6.45, 7) is 3.68. The number of amides is 1. The number of rotatable bonds is 4. The van der Waals surface area contributed by atoms with Crippen molar-refractivity contribution in [2.24, 2.45) is 11.7 Å². The molecule has 0 saturated heterocycles. The van der Waals surface area contributed by atoms with Crippen LogP contribution in [0.25, 0.3) is 0 Å². The van der Waals surface area contributed by atoms with Crippen LogP contribution in [0.3, 0.4) is 0 Å². The molecular formula is C12H15ClN2O3. The summed E-state index contributed by atoms with van der Waals surface area (Å²) >= 11 is 5.79. The van der Waals surface area contributed by atoms with Crippen molar-refractivity contribution in [3.8, 4) is 0 Å². The zero-order valence-corrected chi connectivity index (χ0v) is 10.9. The van der Waals surface area contributed by atoms with Gasteiger partial charge in [0.15, 0.2) is 0 Å². The number of aromatic carboxylic acids is 1. The van der Waals surface area contributed by atoms with Gasteiger partial charge in [-0.3, -0.25) is 4.79 Å². The standard InChI is InChI=1S/C12H15ClN2O3/c1-6(2)10(14)11(16)15-7-3-4-8(12(17)18)9(13)5-7/h3-6,10H,14H2,1-2H3,(H,15,16)(H,17,18)/t10-/m1/s1. The minimum absolute atomic E-state index is 0.0113. The van der Waals surface area contributed by atoms with Gasteiger partial charge in [-0.2, -0.15) is 0 Å². The molecule has 0 aliphatic rings. The Morgan fingerprint density at radius 2 is 2.00 bits per heavy atom. The van der Waals surface area contributed by atoms with Crippen LogP contribution in [-0.2, 0) is 4.79 Å². The summed E-state index contributed by atoms with van der Waals surface area (Å²) in [5.41, 5.74) is 6.10. The minimum Gasteiger partial charge on any atom is -0.478 e. The van der Waals surface area contributed by atoms with Crippen molar-refractivity contribution < 1.29 is 14.7 Å². The van der Waals surface area contributed by atoms with Gasteiger partial charge in [-0.25, -0.2) is 4.79 Å². The van der Waals surface area contributed by atoms with Gasteiger partial charge in [-0.15, -0.1) is 0 Å². The maximum absolute atomic E-state index is 11.7. The zero-order valence-electron chi connectivity index (χ0n) is 10.1. The lowest BCUT2D eigenvalue weighted by Gasteiger charge is -2.15. The molecule has 1 aromatic rings. The van der Waals surface area contributed by atoms with E-state index < -0.39 is 12.0 Å². The van der Waals surface area contributed by atoms with E-state index in [4.69, 9.17) is 22.4 Å². The number of carbonyl (C=O) groups excluding carboxylic acids is 1. The lowest BCUT2D eigenvalue weighted by molar-refractivity contribution is -0.118. The summed E-state index contributed by atoms with van der Waals surface area (Å²) in [5.74, 6) is -1.43. The van der Waals surface area contributed by atoms with E-state index in [1.54, 1.807) is 0 Å². The fourth-order valence-electron chi connectivity index (χ4n) is 1.29. The van der Waals surface area contributed by atoms with Crippen LogP contribution in [0.5, 0.6) is 0 Å². The number of anilines is 1. The molecule has 1 amide bonds. The second-order valence-corrected chi connectivity index (χ2v) is 4.67. The number of benzene rings is 1. The topological polar surface area (TPSA) is 92.4 Å². The van der Waals surface area contributed by atoms with Crippen LogP contribution in [0.15, 0.2) is 18.2 Å². The highest BCUT2D eigenvalue weighted by Gasteiger charge is 2.18. The van der Waals surface area contributed by atoms with Crippen molar-refractivity contribution in [2.45, 2.75) is 19.9 Å². The summed E-state index contributed by atoms with van der Waals surface area (Å²) in [5, 5.41) is 11.5. The molecule has 98 valence electrons. The third kappa shape index (κ3) is 3.45. The van der Waals surface area contributed by atoms with E-state index in [9.17, 15) is 9.59 Å². The van der Waals surface area contributed by atoms with Crippen LogP contribution in [0.4, 0.5) is 5.69 Å². The number of hydrogen-bond donors (Lipinski definition) is 3. The Labute approximate surface area is 110 Å². The molecule has 1 rings (SSSR count). The smallest absolute Gasteiger partial charge is 0.337 e. The lowest BCUT2D eigenvalue weighted by atomic mass is 10.0. The van der Waals surface area contributed by atoms with Crippen LogP contribution in [0.2, 0.25) is 5.02 Å². The van der Waals surface area contributed by atoms with Crippen LogP contribution in [0.1, 0.15) is 24.2 Å². The van der Waals surface area contributed by atoms with E-state index in [1.807, 2.05) is 13.8 Å². The number of halogens is 1. The zero-order chi connectivity index (χ0) is 13.9. The Morgan fingerprint density at radius 1 is 1.39 bits per heavy atom. The normalized spacial score (nSPS) is 12.3. The van der Waals surface area contributed by atoms with Gasteiger partial charge in [0.1, 0.15) is 0 Å². The molecule has 1 atom stereocenters. The molecule has 0 radical (unpaired) electrons. The number of nitrogens with one attached hydrogen (secondary N) is 1. The highest BCUT2D eigenvalue weighted by molar-refractivity contribution is 6.33.